The maximum atomic E-state index is 12.7. The Bertz CT molecular complexity index is 806. The van der Waals surface area contributed by atoms with Gasteiger partial charge in [0.25, 0.3) is 5.91 Å². The lowest BCUT2D eigenvalue weighted by molar-refractivity contribution is 0.0998. The van der Waals surface area contributed by atoms with E-state index < -0.39 is 15.7 Å². The minimum absolute atomic E-state index is 0.0299. The molecule has 0 saturated carbocycles. The molecule has 0 atom stereocenters. The number of nitrogens with two attached hydrogens (primary N) is 1. The van der Waals surface area contributed by atoms with E-state index in [1.807, 2.05) is 13.8 Å². The number of aromatic nitrogens is 1. The van der Waals surface area contributed by atoms with E-state index in [9.17, 15) is 13.2 Å². The van der Waals surface area contributed by atoms with Gasteiger partial charge in [-0.3, -0.25) is 4.79 Å². The summed E-state index contributed by atoms with van der Waals surface area (Å²) >= 11 is 0. The van der Waals surface area contributed by atoms with Gasteiger partial charge in [0.1, 0.15) is 5.03 Å². The van der Waals surface area contributed by atoms with Crippen LogP contribution in [0.3, 0.4) is 0 Å². The maximum absolute atomic E-state index is 12.7. The fourth-order valence-corrected chi connectivity index (χ4v) is 4.48. The van der Waals surface area contributed by atoms with E-state index in [1.54, 1.807) is 28.8 Å². The van der Waals surface area contributed by atoms with Crippen LogP contribution < -0.4 is 5.73 Å². The molecular weight excluding hydrogens is 304 g/mol. The Kier molecular flexibility index (Phi) is 4.58. The molecule has 0 spiro atoms. The van der Waals surface area contributed by atoms with Crippen LogP contribution in [0, 0.1) is 0 Å². The van der Waals surface area contributed by atoms with Gasteiger partial charge in [0.05, 0.1) is 16.8 Å². The normalized spacial score (nSPS) is 12.2. The molecule has 1 heterocycles. The molecule has 22 heavy (non-hydrogen) atoms. The maximum Gasteiger partial charge on any atom is 0.252 e. The first-order chi connectivity index (χ1) is 10.3. The molecular formula is C15H20N2O4S. The van der Waals surface area contributed by atoms with E-state index in [0.29, 0.717) is 10.9 Å². The Balaban J connectivity index is 2.89. The number of rotatable bonds is 6. The van der Waals surface area contributed by atoms with Gasteiger partial charge in [-0.05, 0) is 26.3 Å². The standard InChI is InChI=1S/C15H20N2O4S/c1-10(2)17-12-7-4-3-6-11(12)13(14(16)19)15(17)22(20,21)9-5-8-18/h3-4,6-7,10,18H,5,8-9H2,1-2H3,(H2,16,19). The minimum Gasteiger partial charge on any atom is -0.396 e. The zero-order chi connectivity index (χ0) is 16.5. The number of para-hydroxylation sites is 1. The molecule has 1 aromatic carbocycles. The molecule has 0 bridgehead atoms. The van der Waals surface area contributed by atoms with Crippen LogP contribution in [0.15, 0.2) is 29.3 Å². The highest BCUT2D eigenvalue weighted by Gasteiger charge is 2.30. The molecule has 1 amide bonds. The third kappa shape index (κ3) is 2.74. The highest BCUT2D eigenvalue weighted by atomic mass is 32.2. The molecule has 0 aliphatic heterocycles. The van der Waals surface area contributed by atoms with Gasteiger partial charge in [0.2, 0.25) is 0 Å². The fraction of sp³-hybridized carbons (Fsp3) is 0.400. The smallest absolute Gasteiger partial charge is 0.252 e. The first-order valence-corrected chi connectivity index (χ1v) is 8.72. The molecule has 0 radical (unpaired) electrons. The van der Waals surface area contributed by atoms with E-state index >= 15 is 0 Å². The number of hydrogen-bond donors (Lipinski definition) is 2. The number of benzene rings is 1. The second kappa shape index (κ2) is 6.10. The molecule has 0 saturated heterocycles. The summed E-state index contributed by atoms with van der Waals surface area (Å²) in [6.07, 6.45) is 0.111. The average Bonchev–Trinajstić information content (AvgIpc) is 2.81. The van der Waals surface area contributed by atoms with E-state index in [-0.39, 0.29) is 35.4 Å². The summed E-state index contributed by atoms with van der Waals surface area (Å²) in [5.74, 6) is -0.995. The largest absolute Gasteiger partial charge is 0.396 e. The topological polar surface area (TPSA) is 102 Å². The Morgan fingerprint density at radius 1 is 1.32 bits per heavy atom. The molecule has 0 unspecified atom stereocenters. The monoisotopic (exact) mass is 324 g/mol. The SMILES string of the molecule is CC(C)n1c(S(=O)(=O)CCCO)c(C(N)=O)c2ccccc21. The van der Waals surface area contributed by atoms with Crippen molar-refractivity contribution in [2.75, 3.05) is 12.4 Å². The number of sulfone groups is 1. The van der Waals surface area contributed by atoms with Crippen LogP contribution in [0.2, 0.25) is 0 Å². The van der Waals surface area contributed by atoms with Crippen LogP contribution in [-0.4, -0.2) is 36.4 Å². The highest BCUT2D eigenvalue weighted by Crippen LogP contribution is 2.33. The second-order valence-electron chi connectivity index (χ2n) is 5.42. The van der Waals surface area contributed by atoms with Crippen LogP contribution in [0.1, 0.15) is 36.7 Å². The van der Waals surface area contributed by atoms with Gasteiger partial charge in [0.15, 0.2) is 9.84 Å². The first kappa shape index (κ1) is 16.5. The number of carbonyl (C=O) groups is 1. The van der Waals surface area contributed by atoms with Crippen LogP contribution in [-0.2, 0) is 9.84 Å². The number of amides is 1. The van der Waals surface area contributed by atoms with Gasteiger partial charge in [0, 0.05) is 18.0 Å². The molecule has 2 rings (SSSR count). The Hall–Kier alpha value is -1.86. The average molecular weight is 324 g/mol. The number of aliphatic hydroxyl groups is 1. The molecule has 2 aromatic rings. The zero-order valence-corrected chi connectivity index (χ0v) is 13.4. The van der Waals surface area contributed by atoms with Gasteiger partial charge in [-0.25, -0.2) is 8.42 Å². The van der Waals surface area contributed by atoms with Crippen molar-refractivity contribution in [3.63, 3.8) is 0 Å². The summed E-state index contributed by atoms with van der Waals surface area (Å²) in [4.78, 5) is 11.9. The lowest BCUT2D eigenvalue weighted by atomic mass is 10.2. The predicted octanol–water partition coefficient (Wildman–Crippen LogP) is 1.48. The molecule has 7 heteroatoms. The van der Waals surface area contributed by atoms with Gasteiger partial charge >= 0.3 is 0 Å². The van der Waals surface area contributed by atoms with Crippen molar-refractivity contribution < 1.29 is 18.3 Å². The Morgan fingerprint density at radius 2 is 1.95 bits per heavy atom. The molecule has 0 fully saturated rings. The summed E-state index contributed by atoms with van der Waals surface area (Å²) < 4.78 is 27.0. The molecule has 0 aliphatic carbocycles. The van der Waals surface area contributed by atoms with E-state index in [1.165, 1.54) is 0 Å². The summed E-state index contributed by atoms with van der Waals surface area (Å²) in [5, 5.41) is 9.39. The minimum atomic E-state index is -3.73. The quantitative estimate of drug-likeness (QED) is 0.840. The van der Waals surface area contributed by atoms with Crippen molar-refractivity contribution in [3.05, 3.63) is 29.8 Å². The van der Waals surface area contributed by atoms with Crippen LogP contribution >= 0.6 is 0 Å². The van der Waals surface area contributed by atoms with Crippen molar-refractivity contribution in [3.8, 4) is 0 Å². The van der Waals surface area contributed by atoms with Crippen molar-refractivity contribution in [2.45, 2.75) is 31.3 Å². The molecule has 6 nitrogen and oxygen atoms in total. The van der Waals surface area contributed by atoms with Crippen molar-refractivity contribution >= 4 is 26.6 Å². The third-order valence-corrected chi connectivity index (χ3v) is 5.31. The Morgan fingerprint density at radius 3 is 2.50 bits per heavy atom. The zero-order valence-electron chi connectivity index (χ0n) is 12.6. The molecule has 1 aromatic heterocycles. The summed E-state index contributed by atoms with van der Waals surface area (Å²) in [5.41, 5.74) is 6.14. The third-order valence-electron chi connectivity index (χ3n) is 3.49. The number of hydrogen-bond acceptors (Lipinski definition) is 4. The summed E-state index contributed by atoms with van der Waals surface area (Å²) in [6, 6.07) is 6.84. The molecule has 120 valence electrons. The van der Waals surface area contributed by atoms with Crippen molar-refractivity contribution in [2.24, 2.45) is 5.73 Å². The van der Waals surface area contributed by atoms with Crippen LogP contribution in [0.25, 0.3) is 10.9 Å². The van der Waals surface area contributed by atoms with Gasteiger partial charge in [-0.2, -0.15) is 0 Å². The molecule has 3 N–H and O–H groups in total. The second-order valence-corrected chi connectivity index (χ2v) is 7.45. The number of aliphatic hydroxyl groups excluding tert-OH is 1. The van der Waals surface area contributed by atoms with Gasteiger partial charge in [-0.15, -0.1) is 0 Å². The van der Waals surface area contributed by atoms with E-state index in [0.717, 1.165) is 0 Å². The van der Waals surface area contributed by atoms with Crippen LogP contribution in [0.4, 0.5) is 0 Å². The Labute approximate surface area is 129 Å². The fourth-order valence-electron chi connectivity index (χ4n) is 2.65. The number of nitrogens with zero attached hydrogens (tertiary/aromatic N) is 1. The van der Waals surface area contributed by atoms with Crippen molar-refractivity contribution in [1.82, 2.24) is 4.57 Å². The van der Waals surface area contributed by atoms with Crippen LogP contribution in [0.5, 0.6) is 0 Å². The first-order valence-electron chi connectivity index (χ1n) is 7.07. The van der Waals surface area contributed by atoms with Gasteiger partial charge in [-0.1, -0.05) is 18.2 Å². The highest BCUT2D eigenvalue weighted by molar-refractivity contribution is 7.91. The van der Waals surface area contributed by atoms with E-state index in [2.05, 4.69) is 0 Å². The van der Waals surface area contributed by atoms with Crippen molar-refractivity contribution in [1.29, 1.82) is 0 Å². The number of carbonyl (C=O) groups excluding carboxylic acids is 1. The number of primary amides is 1. The number of fused-ring (bicyclic) bond motifs is 1. The lowest BCUT2D eigenvalue weighted by Gasteiger charge is -2.15. The summed E-state index contributed by atoms with van der Waals surface area (Å²) in [7, 11) is -3.73. The molecule has 0 aliphatic rings. The lowest BCUT2D eigenvalue weighted by Crippen LogP contribution is -2.21. The summed E-state index contributed by atoms with van der Waals surface area (Å²) in [6.45, 7) is 3.47. The predicted molar refractivity (Wildman–Crippen MR) is 84.6 cm³/mol. The van der Waals surface area contributed by atoms with E-state index in [4.69, 9.17) is 10.8 Å². The van der Waals surface area contributed by atoms with Gasteiger partial charge < -0.3 is 15.4 Å².